The Kier molecular flexibility index (Phi) is 4.52. The Morgan fingerprint density at radius 2 is 2.00 bits per heavy atom. The van der Waals surface area contributed by atoms with E-state index in [0.29, 0.717) is 12.4 Å². The summed E-state index contributed by atoms with van der Waals surface area (Å²) >= 11 is 0. The number of pyridine rings is 1. The van der Waals surface area contributed by atoms with Crippen molar-refractivity contribution < 1.29 is 10.2 Å². The highest BCUT2D eigenvalue weighted by molar-refractivity contribution is 5.49. The Labute approximate surface area is 107 Å². The van der Waals surface area contributed by atoms with Gasteiger partial charge in [-0.15, -0.1) is 0 Å². The molecule has 5 nitrogen and oxygen atoms in total. The maximum absolute atomic E-state index is 9.11. The highest BCUT2D eigenvalue weighted by Gasteiger charge is 2.16. The molecule has 0 aromatic carbocycles. The lowest BCUT2D eigenvalue weighted by molar-refractivity contribution is 0.203. The van der Waals surface area contributed by atoms with Gasteiger partial charge in [-0.05, 0) is 37.3 Å². The Morgan fingerprint density at radius 1 is 1.28 bits per heavy atom. The third-order valence-electron chi connectivity index (χ3n) is 3.38. The van der Waals surface area contributed by atoms with E-state index in [0.717, 1.165) is 24.1 Å². The molecule has 0 amide bonds. The summed E-state index contributed by atoms with van der Waals surface area (Å²) in [5, 5.41) is 21.3. The molecule has 1 aliphatic rings. The predicted molar refractivity (Wildman–Crippen MR) is 70.4 cm³/mol. The maximum Gasteiger partial charge on any atom is 0.131 e. The molecular weight excluding hydrogens is 230 g/mol. The molecule has 0 bridgehead atoms. The second kappa shape index (κ2) is 6.13. The molecule has 5 N–H and O–H groups in total. The van der Waals surface area contributed by atoms with E-state index in [1.54, 1.807) is 0 Å². The van der Waals surface area contributed by atoms with Crippen molar-refractivity contribution in [1.82, 2.24) is 4.98 Å². The third-order valence-corrected chi connectivity index (χ3v) is 3.38. The van der Waals surface area contributed by atoms with Gasteiger partial charge in [0.15, 0.2) is 0 Å². The summed E-state index contributed by atoms with van der Waals surface area (Å²) < 4.78 is 0. The fourth-order valence-electron chi connectivity index (χ4n) is 2.30. The summed E-state index contributed by atoms with van der Waals surface area (Å²) in [6.45, 7) is 0.157. The smallest absolute Gasteiger partial charge is 0.131 e. The molecule has 0 spiro atoms. The van der Waals surface area contributed by atoms with Crippen LogP contribution in [0.3, 0.4) is 0 Å². The van der Waals surface area contributed by atoms with Crippen molar-refractivity contribution in [2.24, 2.45) is 5.73 Å². The molecule has 18 heavy (non-hydrogen) atoms. The van der Waals surface area contributed by atoms with E-state index in [1.807, 2.05) is 0 Å². The molecule has 1 aromatic heterocycles. The zero-order valence-corrected chi connectivity index (χ0v) is 10.5. The summed E-state index contributed by atoms with van der Waals surface area (Å²) in [5.74, 6) is 0.700. The Bertz CT molecular complexity index is 405. The van der Waals surface area contributed by atoms with Crippen LogP contribution in [0.15, 0.2) is 6.07 Å². The molecule has 2 rings (SSSR count). The van der Waals surface area contributed by atoms with Crippen LogP contribution in [0.4, 0.5) is 5.82 Å². The van der Waals surface area contributed by atoms with Crippen molar-refractivity contribution >= 4 is 5.82 Å². The van der Waals surface area contributed by atoms with Crippen LogP contribution in [0.2, 0.25) is 0 Å². The Morgan fingerprint density at radius 3 is 2.67 bits per heavy atom. The summed E-state index contributed by atoms with van der Waals surface area (Å²) in [6, 6.07) is 1.72. The first-order valence-electron chi connectivity index (χ1n) is 6.48. The molecule has 0 aliphatic heterocycles. The first kappa shape index (κ1) is 13.3. The molecule has 0 unspecified atom stereocenters. The van der Waals surface area contributed by atoms with Gasteiger partial charge in [-0.1, -0.05) is 0 Å². The van der Waals surface area contributed by atoms with Gasteiger partial charge in [0.1, 0.15) is 5.82 Å². The van der Waals surface area contributed by atoms with Gasteiger partial charge in [0, 0.05) is 17.8 Å². The Balaban J connectivity index is 2.27. The average molecular weight is 251 g/mol. The minimum absolute atomic E-state index is 0.126. The first-order chi connectivity index (χ1) is 8.78. The van der Waals surface area contributed by atoms with Gasteiger partial charge in [-0.3, -0.25) is 0 Å². The number of aromatic nitrogens is 1. The van der Waals surface area contributed by atoms with Gasteiger partial charge >= 0.3 is 0 Å². The fraction of sp³-hybridized carbons (Fsp3) is 0.615. The molecule has 1 aromatic rings. The number of aryl methyl sites for hydroxylation is 2. The molecule has 0 radical (unpaired) electrons. The SMILES string of the molecule is NCc1cc2c(nc1NC(CO)CO)CCCC2. The lowest BCUT2D eigenvalue weighted by Gasteiger charge is -2.21. The fourth-order valence-corrected chi connectivity index (χ4v) is 2.30. The summed E-state index contributed by atoms with van der Waals surface area (Å²) in [5.41, 5.74) is 9.09. The Hall–Kier alpha value is -1.17. The van der Waals surface area contributed by atoms with Crippen LogP contribution in [0.1, 0.15) is 29.7 Å². The topological polar surface area (TPSA) is 91.4 Å². The molecule has 0 saturated carbocycles. The molecule has 1 aliphatic carbocycles. The van der Waals surface area contributed by atoms with Crippen molar-refractivity contribution in [2.75, 3.05) is 18.5 Å². The molecule has 0 fully saturated rings. The van der Waals surface area contributed by atoms with Crippen molar-refractivity contribution in [3.05, 3.63) is 22.9 Å². The molecular formula is C13H21N3O2. The van der Waals surface area contributed by atoms with Gasteiger partial charge in [0.25, 0.3) is 0 Å². The van der Waals surface area contributed by atoms with Crippen molar-refractivity contribution in [3.8, 4) is 0 Å². The van der Waals surface area contributed by atoms with Crippen LogP contribution in [0.25, 0.3) is 0 Å². The number of rotatable bonds is 5. The van der Waals surface area contributed by atoms with Crippen LogP contribution in [0.5, 0.6) is 0 Å². The summed E-state index contributed by atoms with van der Waals surface area (Å²) in [6.07, 6.45) is 4.45. The summed E-state index contributed by atoms with van der Waals surface area (Å²) in [7, 11) is 0. The highest BCUT2D eigenvalue weighted by atomic mass is 16.3. The van der Waals surface area contributed by atoms with Crippen LogP contribution in [-0.2, 0) is 19.4 Å². The largest absolute Gasteiger partial charge is 0.394 e. The lowest BCUT2D eigenvalue weighted by atomic mass is 9.94. The van der Waals surface area contributed by atoms with E-state index in [9.17, 15) is 0 Å². The van der Waals surface area contributed by atoms with Gasteiger partial charge in [-0.25, -0.2) is 4.98 Å². The van der Waals surface area contributed by atoms with Crippen molar-refractivity contribution in [2.45, 2.75) is 38.3 Å². The molecule has 0 saturated heterocycles. The standard InChI is InChI=1S/C13H21N3O2/c14-6-10-5-9-3-1-2-4-12(9)16-13(10)15-11(7-17)8-18/h5,11,17-18H,1-4,6-8,14H2,(H,15,16). The number of hydrogen-bond acceptors (Lipinski definition) is 5. The zero-order chi connectivity index (χ0) is 13.0. The van der Waals surface area contributed by atoms with Crippen LogP contribution < -0.4 is 11.1 Å². The van der Waals surface area contributed by atoms with Gasteiger partial charge in [0.05, 0.1) is 19.3 Å². The predicted octanol–water partition coefficient (Wildman–Crippen LogP) is 0.184. The van der Waals surface area contributed by atoms with E-state index >= 15 is 0 Å². The molecule has 5 heteroatoms. The number of aliphatic hydroxyl groups is 2. The second-order valence-corrected chi connectivity index (χ2v) is 4.72. The van der Waals surface area contributed by atoms with Crippen LogP contribution >= 0.6 is 0 Å². The minimum Gasteiger partial charge on any atom is -0.394 e. The molecule has 0 atom stereocenters. The first-order valence-corrected chi connectivity index (χ1v) is 6.48. The van der Waals surface area contributed by atoms with Gasteiger partial charge < -0.3 is 21.3 Å². The zero-order valence-electron chi connectivity index (χ0n) is 10.5. The van der Waals surface area contributed by atoms with Crippen molar-refractivity contribution in [3.63, 3.8) is 0 Å². The number of fused-ring (bicyclic) bond motifs is 1. The normalized spacial score (nSPS) is 14.7. The van der Waals surface area contributed by atoms with E-state index < -0.39 is 0 Å². The van der Waals surface area contributed by atoms with Crippen LogP contribution in [-0.4, -0.2) is 34.5 Å². The number of aliphatic hydroxyl groups excluding tert-OH is 2. The minimum atomic E-state index is -0.385. The molecule has 1 heterocycles. The van der Waals surface area contributed by atoms with E-state index in [2.05, 4.69) is 16.4 Å². The number of nitrogens with two attached hydrogens (primary N) is 1. The number of hydrogen-bond donors (Lipinski definition) is 4. The monoisotopic (exact) mass is 251 g/mol. The third kappa shape index (κ3) is 2.80. The number of anilines is 1. The summed E-state index contributed by atoms with van der Waals surface area (Å²) in [4.78, 5) is 4.61. The van der Waals surface area contributed by atoms with E-state index in [1.165, 1.54) is 18.4 Å². The van der Waals surface area contributed by atoms with Crippen LogP contribution in [0, 0.1) is 0 Å². The lowest BCUT2D eigenvalue weighted by Crippen LogP contribution is -2.29. The van der Waals surface area contributed by atoms with E-state index in [4.69, 9.17) is 15.9 Å². The molecule has 100 valence electrons. The maximum atomic E-state index is 9.11. The highest BCUT2D eigenvalue weighted by Crippen LogP contribution is 2.24. The average Bonchev–Trinajstić information content (AvgIpc) is 2.43. The second-order valence-electron chi connectivity index (χ2n) is 4.72. The van der Waals surface area contributed by atoms with E-state index in [-0.39, 0.29) is 19.3 Å². The van der Waals surface area contributed by atoms with Gasteiger partial charge in [0.2, 0.25) is 0 Å². The van der Waals surface area contributed by atoms with Crippen molar-refractivity contribution in [1.29, 1.82) is 0 Å². The number of nitrogens with one attached hydrogen (secondary N) is 1. The van der Waals surface area contributed by atoms with Gasteiger partial charge in [-0.2, -0.15) is 0 Å². The number of nitrogens with zero attached hydrogens (tertiary/aromatic N) is 1. The quantitative estimate of drug-likeness (QED) is 0.599.